The van der Waals surface area contributed by atoms with Crippen LogP contribution in [0.25, 0.3) is 32.6 Å². The minimum atomic E-state index is -0.285. The first-order valence-corrected chi connectivity index (χ1v) is 6.48. The smallest absolute Gasteiger partial charge is 0.344 e. The molecule has 3 heteroatoms. The van der Waals surface area contributed by atoms with Gasteiger partial charge in [0.15, 0.2) is 11.8 Å². The van der Waals surface area contributed by atoms with Gasteiger partial charge < -0.3 is 4.42 Å². The molecule has 0 fully saturated rings. The Kier molecular flexibility index (Phi) is 2.18. The largest absolute Gasteiger partial charge is 0.421 e. The fourth-order valence-corrected chi connectivity index (χ4v) is 2.79. The Labute approximate surface area is 114 Å². The van der Waals surface area contributed by atoms with E-state index in [4.69, 9.17) is 4.42 Å². The highest BCUT2D eigenvalue weighted by atomic mass is 16.4. The third kappa shape index (κ3) is 1.40. The maximum absolute atomic E-state index is 12.1. The molecular weight excluding hydrogens is 250 g/mol. The van der Waals surface area contributed by atoms with Gasteiger partial charge in [0, 0.05) is 11.5 Å². The fraction of sp³-hybridized carbons (Fsp3) is 0.0588. The van der Waals surface area contributed by atoms with E-state index < -0.39 is 0 Å². The second-order valence-electron chi connectivity index (χ2n) is 4.94. The zero-order valence-corrected chi connectivity index (χ0v) is 11.0. The lowest BCUT2D eigenvalue weighted by Crippen LogP contribution is -2.28. The van der Waals surface area contributed by atoms with Crippen molar-refractivity contribution in [3.8, 4) is 0 Å². The lowest BCUT2D eigenvalue weighted by Gasteiger charge is -2.04. The highest BCUT2D eigenvalue weighted by Gasteiger charge is 2.15. The molecule has 0 spiro atoms. The zero-order valence-electron chi connectivity index (χ0n) is 11.0. The van der Waals surface area contributed by atoms with Crippen molar-refractivity contribution >= 4 is 32.6 Å². The van der Waals surface area contributed by atoms with Crippen LogP contribution in [-0.4, -0.2) is 0 Å². The molecule has 20 heavy (non-hydrogen) atoms. The summed E-state index contributed by atoms with van der Waals surface area (Å²) in [5, 5.41) is 3.46. The Morgan fingerprint density at radius 1 is 0.850 bits per heavy atom. The standard InChI is InChI=1S/C17H12NO2/c1-18-10-14-11-6-2-3-7-12(11)17(19)20-16(14)13-8-4-5-9-15(13)18/h2-10H,1H3/q+1. The van der Waals surface area contributed by atoms with Gasteiger partial charge >= 0.3 is 5.63 Å². The predicted octanol–water partition coefficient (Wildman–Crippen LogP) is 2.92. The van der Waals surface area contributed by atoms with Gasteiger partial charge in [-0.15, -0.1) is 0 Å². The molecule has 3 nitrogen and oxygen atoms in total. The molecule has 2 aromatic carbocycles. The van der Waals surface area contributed by atoms with Gasteiger partial charge in [-0.25, -0.2) is 9.36 Å². The van der Waals surface area contributed by atoms with Gasteiger partial charge in [-0.2, -0.15) is 0 Å². The second kappa shape index (κ2) is 3.90. The molecule has 4 rings (SSSR count). The number of aryl methyl sites for hydroxylation is 1. The molecule has 2 aromatic heterocycles. The van der Waals surface area contributed by atoms with Gasteiger partial charge in [0.05, 0.1) is 16.2 Å². The molecule has 0 unspecified atom stereocenters. The summed E-state index contributed by atoms with van der Waals surface area (Å²) in [4.78, 5) is 12.1. The molecule has 4 aromatic rings. The summed E-state index contributed by atoms with van der Waals surface area (Å²) in [7, 11) is 2.00. The molecule has 0 aliphatic carbocycles. The van der Waals surface area contributed by atoms with E-state index in [0.717, 1.165) is 21.7 Å². The van der Waals surface area contributed by atoms with Gasteiger partial charge in [-0.05, 0) is 12.1 Å². The highest BCUT2D eigenvalue weighted by Crippen LogP contribution is 2.26. The van der Waals surface area contributed by atoms with E-state index in [9.17, 15) is 4.79 Å². The summed E-state index contributed by atoms with van der Waals surface area (Å²) in [6.07, 6.45) is 2.02. The maximum Gasteiger partial charge on any atom is 0.344 e. The number of aromatic nitrogens is 1. The number of hydrogen-bond acceptors (Lipinski definition) is 2. The number of rotatable bonds is 0. The summed E-state index contributed by atoms with van der Waals surface area (Å²) < 4.78 is 7.63. The highest BCUT2D eigenvalue weighted by molar-refractivity contribution is 6.11. The summed E-state index contributed by atoms with van der Waals surface area (Å²) in [6, 6.07) is 15.5. The molecule has 0 saturated carbocycles. The van der Waals surface area contributed by atoms with Crippen LogP contribution in [-0.2, 0) is 7.05 Å². The van der Waals surface area contributed by atoms with Crippen molar-refractivity contribution in [3.63, 3.8) is 0 Å². The lowest BCUT2D eigenvalue weighted by molar-refractivity contribution is -0.643. The van der Waals surface area contributed by atoms with E-state index >= 15 is 0 Å². The van der Waals surface area contributed by atoms with E-state index in [1.165, 1.54) is 0 Å². The van der Waals surface area contributed by atoms with Crippen LogP contribution in [0.5, 0.6) is 0 Å². The first kappa shape index (κ1) is 11.2. The molecule has 0 aliphatic heterocycles. The Morgan fingerprint density at radius 3 is 2.30 bits per heavy atom. The maximum atomic E-state index is 12.1. The zero-order chi connectivity index (χ0) is 13.7. The molecule has 0 atom stereocenters. The van der Waals surface area contributed by atoms with Crippen molar-refractivity contribution in [1.29, 1.82) is 0 Å². The molecule has 96 valence electrons. The first-order valence-electron chi connectivity index (χ1n) is 6.48. The molecule has 0 bridgehead atoms. The van der Waals surface area contributed by atoms with Gasteiger partial charge in [0.1, 0.15) is 7.05 Å². The Balaban J connectivity index is 2.40. The van der Waals surface area contributed by atoms with Crippen molar-refractivity contribution in [2.75, 3.05) is 0 Å². The van der Waals surface area contributed by atoms with Crippen molar-refractivity contribution in [2.24, 2.45) is 7.05 Å². The molecule has 0 aliphatic rings. The van der Waals surface area contributed by atoms with E-state index in [2.05, 4.69) is 4.57 Å². The minimum Gasteiger partial charge on any atom is -0.421 e. The number of pyridine rings is 1. The van der Waals surface area contributed by atoms with Crippen LogP contribution >= 0.6 is 0 Å². The molecule has 0 saturated heterocycles. The van der Waals surface area contributed by atoms with Gasteiger partial charge in [0.2, 0.25) is 5.52 Å². The Hall–Kier alpha value is -2.68. The monoisotopic (exact) mass is 262 g/mol. The topological polar surface area (TPSA) is 34.1 Å². The fourth-order valence-electron chi connectivity index (χ4n) is 2.79. The van der Waals surface area contributed by atoms with Crippen molar-refractivity contribution in [1.82, 2.24) is 0 Å². The van der Waals surface area contributed by atoms with Gasteiger partial charge in [-0.3, -0.25) is 0 Å². The Bertz CT molecular complexity index is 1030. The van der Waals surface area contributed by atoms with E-state index in [1.54, 1.807) is 6.07 Å². The van der Waals surface area contributed by atoms with Crippen LogP contribution in [0.2, 0.25) is 0 Å². The molecular formula is C17H12NO2+. The quantitative estimate of drug-likeness (QED) is 0.361. The van der Waals surface area contributed by atoms with Crippen LogP contribution in [0.15, 0.2) is 63.9 Å². The molecule has 0 amide bonds. The lowest BCUT2D eigenvalue weighted by atomic mass is 10.1. The van der Waals surface area contributed by atoms with Crippen LogP contribution < -0.4 is 10.2 Å². The van der Waals surface area contributed by atoms with E-state index in [-0.39, 0.29) is 5.63 Å². The van der Waals surface area contributed by atoms with Gasteiger partial charge in [0.25, 0.3) is 0 Å². The first-order chi connectivity index (χ1) is 9.75. The van der Waals surface area contributed by atoms with Crippen molar-refractivity contribution in [2.45, 2.75) is 0 Å². The average molecular weight is 262 g/mol. The van der Waals surface area contributed by atoms with Crippen LogP contribution in [0, 0.1) is 0 Å². The minimum absolute atomic E-state index is 0.285. The number of benzene rings is 2. The molecule has 0 radical (unpaired) electrons. The average Bonchev–Trinajstić information content (AvgIpc) is 2.49. The summed E-state index contributed by atoms with van der Waals surface area (Å²) in [5.41, 5.74) is 1.41. The SMILES string of the molecule is C[n+]1cc2c3ccccc3c(=O)oc2c2ccccc21. The number of nitrogens with zero attached hydrogens (tertiary/aromatic N) is 1. The normalized spacial score (nSPS) is 11.4. The van der Waals surface area contributed by atoms with Crippen LogP contribution in [0.4, 0.5) is 0 Å². The molecule has 2 heterocycles. The van der Waals surface area contributed by atoms with Crippen LogP contribution in [0.1, 0.15) is 0 Å². The summed E-state index contributed by atoms with van der Waals surface area (Å²) in [6.45, 7) is 0. The predicted molar refractivity (Wildman–Crippen MR) is 78.7 cm³/mol. The summed E-state index contributed by atoms with van der Waals surface area (Å²) in [5.74, 6) is 0. The second-order valence-corrected chi connectivity index (χ2v) is 4.94. The van der Waals surface area contributed by atoms with Crippen molar-refractivity contribution in [3.05, 3.63) is 65.1 Å². The van der Waals surface area contributed by atoms with E-state index in [1.807, 2.05) is 55.7 Å². The van der Waals surface area contributed by atoms with Gasteiger partial charge in [-0.1, -0.05) is 30.3 Å². The third-order valence-electron chi connectivity index (χ3n) is 3.73. The summed E-state index contributed by atoms with van der Waals surface area (Å²) >= 11 is 0. The van der Waals surface area contributed by atoms with Crippen molar-refractivity contribution < 1.29 is 8.98 Å². The third-order valence-corrected chi connectivity index (χ3v) is 3.73. The molecule has 0 N–H and O–H groups in total. The number of hydrogen-bond donors (Lipinski definition) is 0. The van der Waals surface area contributed by atoms with E-state index in [0.29, 0.717) is 11.0 Å². The van der Waals surface area contributed by atoms with Crippen LogP contribution in [0.3, 0.4) is 0 Å². The number of fused-ring (bicyclic) bond motifs is 5. The Morgan fingerprint density at radius 2 is 1.50 bits per heavy atom. The number of para-hydroxylation sites is 1.